The minimum absolute atomic E-state index is 0.0389. The first kappa shape index (κ1) is 23.7. The number of hydrogen-bond acceptors (Lipinski definition) is 6. The third-order valence-corrected chi connectivity index (χ3v) is 6.07. The van der Waals surface area contributed by atoms with Gasteiger partial charge in [0.1, 0.15) is 11.2 Å². The maximum Gasteiger partial charge on any atom is 0.435 e. The lowest BCUT2D eigenvalue weighted by Crippen LogP contribution is -2.33. The van der Waals surface area contributed by atoms with Crippen LogP contribution in [-0.2, 0) is 30.7 Å². The van der Waals surface area contributed by atoms with Crippen molar-refractivity contribution in [2.75, 3.05) is 4.90 Å². The molecule has 0 saturated carbocycles. The summed E-state index contributed by atoms with van der Waals surface area (Å²) in [6, 6.07) is 10.8. The van der Waals surface area contributed by atoms with Crippen LogP contribution < -0.4 is 4.90 Å². The fourth-order valence-electron chi connectivity index (χ4n) is 4.11. The molecular weight excluding hydrogens is 495 g/mol. The summed E-state index contributed by atoms with van der Waals surface area (Å²) < 4.78 is 46.9. The smallest absolute Gasteiger partial charge is 0.372 e. The Labute approximate surface area is 207 Å². The second kappa shape index (κ2) is 9.18. The third-order valence-electron chi connectivity index (χ3n) is 5.76. The van der Waals surface area contributed by atoms with Crippen molar-refractivity contribution >= 4 is 34.1 Å². The van der Waals surface area contributed by atoms with Gasteiger partial charge in [-0.25, -0.2) is 9.97 Å². The van der Waals surface area contributed by atoms with Gasteiger partial charge in [-0.3, -0.25) is 9.78 Å². The minimum atomic E-state index is -4.80. The largest absolute Gasteiger partial charge is 0.435 e. The van der Waals surface area contributed by atoms with Gasteiger partial charge in [0.2, 0.25) is 0 Å². The van der Waals surface area contributed by atoms with Gasteiger partial charge in [-0.1, -0.05) is 23.7 Å². The van der Waals surface area contributed by atoms with Crippen LogP contribution in [0.5, 0.6) is 0 Å². The van der Waals surface area contributed by atoms with Gasteiger partial charge in [-0.15, -0.1) is 0 Å². The minimum Gasteiger partial charge on any atom is -0.372 e. The Bertz CT molecular complexity index is 1550. The van der Waals surface area contributed by atoms with Gasteiger partial charge in [0, 0.05) is 29.5 Å². The van der Waals surface area contributed by atoms with Crippen LogP contribution in [-0.4, -0.2) is 20.9 Å². The Morgan fingerprint density at radius 3 is 2.75 bits per heavy atom. The van der Waals surface area contributed by atoms with Crippen molar-refractivity contribution in [1.82, 2.24) is 15.0 Å². The number of pyridine rings is 3. The molecule has 1 aliphatic heterocycles. The fraction of sp³-hybridized carbons (Fsp3) is 0.160. The monoisotopic (exact) mass is 509 g/mol. The van der Waals surface area contributed by atoms with Gasteiger partial charge in [0.25, 0.3) is 5.91 Å². The highest BCUT2D eigenvalue weighted by Crippen LogP contribution is 2.37. The Kier molecular flexibility index (Phi) is 6.04. The first-order valence-corrected chi connectivity index (χ1v) is 11.0. The molecule has 0 atom stereocenters. The summed E-state index contributed by atoms with van der Waals surface area (Å²) >= 11 is 6.31. The molecule has 180 valence electrons. The van der Waals surface area contributed by atoms with Crippen LogP contribution in [0.2, 0.25) is 5.15 Å². The van der Waals surface area contributed by atoms with Gasteiger partial charge in [0.15, 0.2) is 5.69 Å². The number of hydrogen-bond donors (Lipinski definition) is 0. The summed E-state index contributed by atoms with van der Waals surface area (Å²) in [5, 5.41) is 10.3. The molecule has 11 heteroatoms. The molecule has 4 heterocycles. The number of anilines is 1. The highest BCUT2D eigenvalue weighted by atomic mass is 35.5. The number of amides is 1. The summed E-state index contributed by atoms with van der Waals surface area (Å²) in [4.78, 5) is 26.2. The number of rotatable bonds is 4. The molecule has 7 nitrogen and oxygen atoms in total. The van der Waals surface area contributed by atoms with Crippen LogP contribution in [0.1, 0.15) is 38.3 Å². The molecule has 3 aromatic heterocycles. The number of benzene rings is 1. The molecule has 0 N–H and O–H groups in total. The van der Waals surface area contributed by atoms with Gasteiger partial charge < -0.3 is 9.64 Å². The van der Waals surface area contributed by atoms with Crippen molar-refractivity contribution in [3.63, 3.8) is 0 Å². The molecule has 0 fully saturated rings. The van der Waals surface area contributed by atoms with E-state index in [-0.39, 0.29) is 17.7 Å². The quantitative estimate of drug-likeness (QED) is 0.340. The highest BCUT2D eigenvalue weighted by Gasteiger charge is 2.38. The molecule has 36 heavy (non-hydrogen) atoms. The van der Waals surface area contributed by atoms with Crippen LogP contribution in [0.4, 0.5) is 18.9 Å². The molecule has 0 spiro atoms. The van der Waals surface area contributed by atoms with Crippen LogP contribution >= 0.6 is 11.6 Å². The number of halogens is 4. The van der Waals surface area contributed by atoms with E-state index in [0.29, 0.717) is 29.4 Å². The molecule has 1 amide bonds. The Morgan fingerprint density at radius 1 is 1.17 bits per heavy atom. The molecule has 1 aromatic carbocycles. The topological polar surface area (TPSA) is 92.0 Å². The van der Waals surface area contributed by atoms with E-state index in [0.717, 1.165) is 27.6 Å². The average molecular weight is 510 g/mol. The Morgan fingerprint density at radius 2 is 1.97 bits per heavy atom. The molecular formula is C25H15ClF3N5O2. The van der Waals surface area contributed by atoms with Crippen molar-refractivity contribution in [2.24, 2.45) is 0 Å². The SMILES string of the molecule is N#Cc1cncc(C(=O)N(Cc2ccc3c4c(c(Cl)nc3c2)COC4)c2cccnc2C(F)(F)F)c1. The second-order valence-corrected chi connectivity index (χ2v) is 8.40. The molecule has 0 aliphatic carbocycles. The van der Waals surface area contributed by atoms with E-state index in [2.05, 4.69) is 15.0 Å². The lowest BCUT2D eigenvalue weighted by molar-refractivity contribution is -0.140. The van der Waals surface area contributed by atoms with Gasteiger partial charge >= 0.3 is 6.18 Å². The van der Waals surface area contributed by atoms with Crippen molar-refractivity contribution in [1.29, 1.82) is 5.26 Å². The molecule has 0 radical (unpaired) electrons. The van der Waals surface area contributed by atoms with E-state index in [1.807, 2.05) is 6.07 Å². The lowest BCUT2D eigenvalue weighted by atomic mass is 10.0. The zero-order chi connectivity index (χ0) is 25.4. The molecule has 5 rings (SSSR count). The van der Waals surface area contributed by atoms with Crippen molar-refractivity contribution < 1.29 is 22.7 Å². The van der Waals surface area contributed by atoms with E-state index in [9.17, 15) is 23.2 Å². The van der Waals surface area contributed by atoms with Crippen molar-refractivity contribution in [3.05, 3.63) is 93.7 Å². The predicted molar refractivity (Wildman–Crippen MR) is 124 cm³/mol. The number of carbonyl (C=O) groups excluding carboxylic acids is 1. The maximum atomic E-state index is 13.8. The van der Waals surface area contributed by atoms with Gasteiger partial charge in [-0.2, -0.15) is 18.4 Å². The van der Waals surface area contributed by atoms with Gasteiger partial charge in [0.05, 0.1) is 42.1 Å². The number of nitriles is 1. The molecule has 0 bridgehead atoms. The van der Waals surface area contributed by atoms with Crippen LogP contribution in [0, 0.1) is 11.3 Å². The fourth-order valence-corrected chi connectivity index (χ4v) is 4.37. The molecule has 0 unspecified atom stereocenters. The zero-order valence-electron chi connectivity index (χ0n) is 18.4. The van der Waals surface area contributed by atoms with E-state index in [1.165, 1.54) is 30.6 Å². The van der Waals surface area contributed by atoms with Crippen LogP contribution in [0.15, 0.2) is 55.0 Å². The summed E-state index contributed by atoms with van der Waals surface area (Å²) in [7, 11) is 0. The first-order valence-electron chi connectivity index (χ1n) is 10.6. The first-order chi connectivity index (χ1) is 17.3. The maximum absolute atomic E-state index is 13.8. The molecule has 4 aromatic rings. The number of nitrogens with zero attached hydrogens (tertiary/aromatic N) is 5. The van der Waals surface area contributed by atoms with E-state index in [4.69, 9.17) is 16.3 Å². The number of ether oxygens (including phenoxy) is 1. The summed E-state index contributed by atoms with van der Waals surface area (Å²) in [5.41, 5.74) is 1.19. The highest BCUT2D eigenvalue weighted by molar-refractivity contribution is 6.30. The summed E-state index contributed by atoms with van der Waals surface area (Å²) in [5.74, 6) is -0.772. The predicted octanol–water partition coefficient (Wildman–Crippen LogP) is 5.45. The lowest BCUT2D eigenvalue weighted by Gasteiger charge is -2.25. The van der Waals surface area contributed by atoms with Crippen molar-refractivity contribution in [2.45, 2.75) is 25.9 Å². The summed E-state index contributed by atoms with van der Waals surface area (Å²) in [6.45, 7) is 0.510. The Hall–Kier alpha value is -4.07. The molecule has 0 saturated heterocycles. The van der Waals surface area contributed by atoms with E-state index in [1.54, 1.807) is 18.2 Å². The normalized spacial score (nSPS) is 12.9. The third kappa shape index (κ3) is 4.34. The average Bonchev–Trinajstić information content (AvgIpc) is 3.37. The van der Waals surface area contributed by atoms with E-state index < -0.39 is 23.5 Å². The van der Waals surface area contributed by atoms with Crippen LogP contribution in [0.25, 0.3) is 10.9 Å². The zero-order valence-corrected chi connectivity index (χ0v) is 19.1. The number of fused-ring (bicyclic) bond motifs is 3. The van der Waals surface area contributed by atoms with Gasteiger partial charge in [-0.05, 0) is 35.4 Å². The number of aromatic nitrogens is 3. The van der Waals surface area contributed by atoms with E-state index >= 15 is 0 Å². The summed E-state index contributed by atoms with van der Waals surface area (Å²) in [6.07, 6.45) is -1.34. The number of carbonyl (C=O) groups is 1. The number of alkyl halides is 3. The standard InChI is InChI=1S/C25H15ClF3N5O2/c26-23-19-13-36-12-18(19)17-4-3-14(7-20(17)33-23)11-34(21-2-1-5-32-22(21)25(27,28)29)24(35)16-6-15(8-30)9-31-10-16/h1-7,9-10H,11-13H2. The Balaban J connectivity index is 1.61. The van der Waals surface area contributed by atoms with Crippen LogP contribution in [0.3, 0.4) is 0 Å². The van der Waals surface area contributed by atoms with Crippen molar-refractivity contribution in [3.8, 4) is 6.07 Å². The second-order valence-electron chi connectivity index (χ2n) is 8.04. The molecule has 1 aliphatic rings.